The number of halogens is 3. The minimum atomic E-state index is -4.74. The third-order valence-electron chi connectivity index (χ3n) is 3.10. The molecule has 2 amide bonds. The Morgan fingerprint density at radius 3 is 1.92 bits per heavy atom. The Morgan fingerprint density at radius 2 is 1.46 bits per heavy atom. The maximum absolute atomic E-state index is 12.1. The van der Waals surface area contributed by atoms with Gasteiger partial charge in [-0.2, -0.15) is 0 Å². The van der Waals surface area contributed by atoms with Gasteiger partial charge in [0.2, 0.25) is 0 Å². The second kappa shape index (κ2) is 7.72. The number of alkyl halides is 3. The predicted octanol–water partition coefficient (Wildman–Crippen LogP) is 5.18. The molecule has 128 valence electrons. The van der Waals surface area contributed by atoms with Crippen molar-refractivity contribution in [1.82, 2.24) is 0 Å². The Bertz CT molecular complexity index is 668. The van der Waals surface area contributed by atoms with Crippen LogP contribution in [0.1, 0.15) is 18.9 Å². The van der Waals surface area contributed by atoms with Gasteiger partial charge in [-0.15, -0.1) is 13.2 Å². The van der Waals surface area contributed by atoms with Crippen LogP contribution in [0.15, 0.2) is 48.5 Å². The van der Waals surface area contributed by atoms with Gasteiger partial charge in [-0.05, 0) is 48.4 Å². The number of aryl methyl sites for hydroxylation is 1. The zero-order chi connectivity index (χ0) is 17.6. The average Bonchev–Trinajstić information content (AvgIpc) is 2.50. The Morgan fingerprint density at radius 1 is 0.958 bits per heavy atom. The fourth-order valence-electron chi connectivity index (χ4n) is 2.08. The number of nitrogens with one attached hydrogen (secondary N) is 2. The van der Waals surface area contributed by atoms with E-state index in [1.165, 1.54) is 17.7 Å². The summed E-state index contributed by atoms with van der Waals surface area (Å²) >= 11 is 0. The molecule has 0 atom stereocenters. The van der Waals surface area contributed by atoms with Gasteiger partial charge in [0.25, 0.3) is 0 Å². The number of carbonyl (C=O) groups is 1. The van der Waals surface area contributed by atoms with E-state index in [4.69, 9.17) is 0 Å². The summed E-state index contributed by atoms with van der Waals surface area (Å²) in [7, 11) is 0. The zero-order valence-corrected chi connectivity index (χ0v) is 13.0. The summed E-state index contributed by atoms with van der Waals surface area (Å²) in [6.07, 6.45) is -2.73. The number of carbonyl (C=O) groups excluding carboxylic acids is 1. The summed E-state index contributed by atoms with van der Waals surface area (Å²) in [5.41, 5.74) is 2.16. The molecule has 24 heavy (non-hydrogen) atoms. The molecule has 0 aliphatic rings. The van der Waals surface area contributed by atoms with E-state index in [0.717, 1.165) is 25.0 Å². The topological polar surface area (TPSA) is 50.4 Å². The van der Waals surface area contributed by atoms with Gasteiger partial charge in [0.05, 0.1) is 0 Å². The van der Waals surface area contributed by atoms with Crippen LogP contribution in [-0.4, -0.2) is 12.4 Å². The number of hydrogen-bond acceptors (Lipinski definition) is 2. The van der Waals surface area contributed by atoms with Crippen LogP contribution in [0, 0.1) is 0 Å². The molecule has 0 aliphatic carbocycles. The molecule has 2 aromatic rings. The number of benzene rings is 2. The molecule has 0 spiro atoms. The molecule has 7 heteroatoms. The van der Waals surface area contributed by atoms with Crippen LogP contribution < -0.4 is 15.4 Å². The van der Waals surface area contributed by atoms with E-state index in [1.807, 2.05) is 12.1 Å². The Labute approximate surface area is 137 Å². The molecule has 0 bridgehead atoms. The highest BCUT2D eigenvalue weighted by Gasteiger charge is 2.30. The van der Waals surface area contributed by atoms with E-state index < -0.39 is 12.4 Å². The molecule has 0 aliphatic heterocycles. The van der Waals surface area contributed by atoms with E-state index in [2.05, 4.69) is 22.3 Å². The van der Waals surface area contributed by atoms with E-state index >= 15 is 0 Å². The molecule has 4 nitrogen and oxygen atoms in total. The lowest BCUT2D eigenvalue weighted by molar-refractivity contribution is -0.274. The molecule has 2 rings (SSSR count). The maximum Gasteiger partial charge on any atom is 0.573 e. The normalized spacial score (nSPS) is 11.0. The van der Waals surface area contributed by atoms with E-state index in [9.17, 15) is 18.0 Å². The lowest BCUT2D eigenvalue weighted by atomic mass is 10.1. The monoisotopic (exact) mass is 338 g/mol. The summed E-state index contributed by atoms with van der Waals surface area (Å²) in [6.45, 7) is 2.09. The van der Waals surface area contributed by atoms with Gasteiger partial charge in [0.15, 0.2) is 0 Å². The Kier molecular flexibility index (Phi) is 5.68. The Balaban J connectivity index is 1.89. The zero-order valence-electron chi connectivity index (χ0n) is 13.0. The molecule has 0 saturated heterocycles. The molecule has 0 heterocycles. The van der Waals surface area contributed by atoms with Crippen LogP contribution in [-0.2, 0) is 6.42 Å². The first-order valence-corrected chi connectivity index (χ1v) is 7.38. The van der Waals surface area contributed by atoms with Crippen molar-refractivity contribution in [2.75, 3.05) is 10.6 Å². The van der Waals surface area contributed by atoms with Gasteiger partial charge in [0, 0.05) is 11.4 Å². The predicted molar refractivity (Wildman–Crippen MR) is 86.2 cm³/mol. The SMILES string of the molecule is CCCc1ccc(NC(=O)Nc2ccc(OC(F)(F)F)cc2)cc1. The first-order chi connectivity index (χ1) is 11.4. The molecule has 0 saturated carbocycles. The van der Waals surface area contributed by atoms with Gasteiger partial charge in [-0.1, -0.05) is 25.5 Å². The van der Waals surface area contributed by atoms with Crippen LogP contribution in [0.4, 0.5) is 29.3 Å². The second-order valence-corrected chi connectivity index (χ2v) is 5.10. The first kappa shape index (κ1) is 17.7. The number of urea groups is 1. The summed E-state index contributed by atoms with van der Waals surface area (Å²) in [4.78, 5) is 11.9. The van der Waals surface area contributed by atoms with Gasteiger partial charge in [-0.25, -0.2) is 4.79 Å². The molecule has 2 N–H and O–H groups in total. The summed E-state index contributed by atoms with van der Waals surface area (Å²) in [5.74, 6) is -0.347. The van der Waals surface area contributed by atoms with Crippen molar-refractivity contribution in [1.29, 1.82) is 0 Å². The largest absolute Gasteiger partial charge is 0.573 e. The maximum atomic E-state index is 12.1. The smallest absolute Gasteiger partial charge is 0.406 e. The molecular weight excluding hydrogens is 321 g/mol. The number of anilines is 2. The molecule has 0 unspecified atom stereocenters. The lowest BCUT2D eigenvalue weighted by Crippen LogP contribution is -2.19. The third-order valence-corrected chi connectivity index (χ3v) is 3.10. The summed E-state index contributed by atoms with van der Waals surface area (Å²) < 4.78 is 40.0. The number of ether oxygens (including phenoxy) is 1. The highest BCUT2D eigenvalue weighted by Crippen LogP contribution is 2.24. The van der Waals surface area contributed by atoms with Gasteiger partial charge in [-0.3, -0.25) is 0 Å². The van der Waals surface area contributed by atoms with Crippen LogP contribution in [0.2, 0.25) is 0 Å². The number of rotatable bonds is 5. The first-order valence-electron chi connectivity index (χ1n) is 7.38. The van der Waals surface area contributed by atoms with Gasteiger partial charge in [0.1, 0.15) is 5.75 Å². The van der Waals surface area contributed by atoms with E-state index in [-0.39, 0.29) is 5.75 Å². The standard InChI is InChI=1S/C17H17F3N2O2/c1-2-3-12-4-6-13(7-5-12)21-16(23)22-14-8-10-15(11-9-14)24-17(18,19)20/h4-11H,2-3H2,1H3,(H2,21,22,23). The number of amides is 2. The minimum absolute atomic E-state index is 0.347. The van der Waals surface area contributed by atoms with Crippen molar-refractivity contribution >= 4 is 17.4 Å². The minimum Gasteiger partial charge on any atom is -0.406 e. The second-order valence-electron chi connectivity index (χ2n) is 5.10. The van der Waals surface area contributed by atoms with E-state index in [1.54, 1.807) is 12.1 Å². The average molecular weight is 338 g/mol. The van der Waals surface area contributed by atoms with Crippen LogP contribution in [0.25, 0.3) is 0 Å². The van der Waals surface area contributed by atoms with Crippen LogP contribution >= 0.6 is 0 Å². The third kappa shape index (κ3) is 5.83. The van der Waals surface area contributed by atoms with Gasteiger partial charge >= 0.3 is 12.4 Å². The molecule has 0 fully saturated rings. The molecule has 0 aromatic heterocycles. The van der Waals surface area contributed by atoms with Crippen molar-refractivity contribution < 1.29 is 22.7 Å². The van der Waals surface area contributed by atoms with Crippen molar-refractivity contribution in [2.24, 2.45) is 0 Å². The van der Waals surface area contributed by atoms with Crippen LogP contribution in [0.5, 0.6) is 5.75 Å². The fourth-order valence-corrected chi connectivity index (χ4v) is 2.08. The summed E-state index contributed by atoms with van der Waals surface area (Å²) in [5, 5.41) is 5.18. The van der Waals surface area contributed by atoms with Crippen molar-refractivity contribution in [3.8, 4) is 5.75 Å². The van der Waals surface area contributed by atoms with Crippen LogP contribution in [0.3, 0.4) is 0 Å². The highest BCUT2D eigenvalue weighted by atomic mass is 19.4. The summed E-state index contributed by atoms with van der Waals surface area (Å²) in [6, 6.07) is 11.9. The fraction of sp³-hybridized carbons (Fsp3) is 0.235. The Hall–Kier alpha value is -2.70. The van der Waals surface area contributed by atoms with Crippen molar-refractivity contribution in [3.05, 3.63) is 54.1 Å². The highest BCUT2D eigenvalue weighted by molar-refractivity contribution is 5.99. The molecule has 0 radical (unpaired) electrons. The van der Waals surface area contributed by atoms with Crippen molar-refractivity contribution in [2.45, 2.75) is 26.1 Å². The van der Waals surface area contributed by atoms with Gasteiger partial charge < -0.3 is 15.4 Å². The van der Waals surface area contributed by atoms with Crippen molar-refractivity contribution in [3.63, 3.8) is 0 Å². The lowest BCUT2D eigenvalue weighted by Gasteiger charge is -2.11. The van der Waals surface area contributed by atoms with E-state index in [0.29, 0.717) is 11.4 Å². The number of hydrogen-bond donors (Lipinski definition) is 2. The molecular formula is C17H17F3N2O2. The molecule has 2 aromatic carbocycles. The quantitative estimate of drug-likeness (QED) is 0.789.